The molecule has 0 saturated carbocycles. The minimum Gasteiger partial charge on any atom is -0.325 e. The highest BCUT2D eigenvalue weighted by Crippen LogP contribution is 2.21. The van der Waals surface area contributed by atoms with Crippen LogP contribution >= 0.6 is 0 Å². The maximum atomic E-state index is 11.3. The number of nitrogens with zero attached hydrogens (tertiary/aromatic N) is 2. The number of carbonyl (C=O) groups is 2. The molecule has 1 N–H and O–H groups in total. The van der Waals surface area contributed by atoms with Crippen LogP contribution in [0, 0.1) is 21.4 Å². The molecular weight excluding hydrogens is 238 g/mol. The lowest BCUT2D eigenvalue weighted by Crippen LogP contribution is -2.15. The molecule has 0 aliphatic rings. The van der Waals surface area contributed by atoms with Crippen LogP contribution in [-0.2, 0) is 9.59 Å². The van der Waals surface area contributed by atoms with Gasteiger partial charge in [0.25, 0.3) is 5.69 Å². The zero-order valence-electron chi connectivity index (χ0n) is 9.47. The van der Waals surface area contributed by atoms with Crippen molar-refractivity contribution in [2.75, 3.05) is 5.32 Å². The molecule has 0 fully saturated rings. The normalized spacial score (nSPS) is 9.33. The number of carbonyl (C=O) groups excluding carboxylic acids is 2. The van der Waals surface area contributed by atoms with E-state index in [2.05, 4.69) is 5.32 Å². The van der Waals surface area contributed by atoms with Crippen LogP contribution in [0.15, 0.2) is 18.2 Å². The van der Waals surface area contributed by atoms with Gasteiger partial charge in [0, 0.05) is 12.1 Å². The van der Waals surface area contributed by atoms with E-state index in [1.54, 1.807) is 6.07 Å². The largest absolute Gasteiger partial charge is 0.325 e. The zero-order valence-corrected chi connectivity index (χ0v) is 9.47. The monoisotopic (exact) mass is 247 g/mol. The molecule has 0 aromatic heterocycles. The van der Waals surface area contributed by atoms with Crippen LogP contribution in [0.25, 0.3) is 0 Å². The fraction of sp³-hybridized carbons (Fsp3) is 0.182. The Hall–Kier alpha value is -2.75. The lowest BCUT2D eigenvalue weighted by atomic mass is 10.1. The summed E-state index contributed by atoms with van der Waals surface area (Å²) in [6.45, 7) is 1.26. The number of nitrogens with one attached hydrogen (secondary N) is 1. The van der Waals surface area contributed by atoms with E-state index in [4.69, 9.17) is 5.26 Å². The second kappa shape index (κ2) is 5.54. The summed E-state index contributed by atoms with van der Waals surface area (Å²) >= 11 is 0. The Morgan fingerprint density at radius 3 is 2.67 bits per heavy atom. The third kappa shape index (κ3) is 3.38. The number of hydrogen-bond donors (Lipinski definition) is 1. The van der Waals surface area contributed by atoms with Gasteiger partial charge in [0.1, 0.15) is 11.9 Å². The molecule has 1 rings (SSSR count). The first-order valence-electron chi connectivity index (χ1n) is 4.92. The van der Waals surface area contributed by atoms with Gasteiger partial charge in [-0.15, -0.1) is 0 Å². The molecule has 1 aromatic rings. The molecule has 0 unspecified atom stereocenters. The Labute approximate surface area is 102 Å². The van der Waals surface area contributed by atoms with Gasteiger partial charge in [-0.25, -0.2) is 0 Å². The van der Waals surface area contributed by atoms with Crippen LogP contribution in [0.2, 0.25) is 0 Å². The van der Waals surface area contributed by atoms with E-state index in [0.29, 0.717) is 0 Å². The summed E-state index contributed by atoms with van der Waals surface area (Å²) in [6, 6.07) is 5.23. The number of amides is 1. The van der Waals surface area contributed by atoms with Gasteiger partial charge in [-0.05, 0) is 13.0 Å². The molecule has 1 amide bonds. The van der Waals surface area contributed by atoms with Gasteiger partial charge in [0.2, 0.25) is 5.91 Å². The van der Waals surface area contributed by atoms with E-state index >= 15 is 0 Å². The zero-order chi connectivity index (χ0) is 13.7. The molecule has 0 spiro atoms. The summed E-state index contributed by atoms with van der Waals surface area (Å²) in [7, 11) is 0. The number of non-ortho nitro benzene ring substituents is 1. The van der Waals surface area contributed by atoms with E-state index in [1.165, 1.54) is 19.1 Å². The van der Waals surface area contributed by atoms with E-state index in [1.807, 2.05) is 0 Å². The molecule has 7 heteroatoms. The number of hydrogen-bond acceptors (Lipinski definition) is 5. The Balaban J connectivity index is 2.97. The number of ketones is 1. The number of nitriles is 1. The highest BCUT2D eigenvalue weighted by atomic mass is 16.6. The summed E-state index contributed by atoms with van der Waals surface area (Å²) in [6.07, 6.45) is -0.304. The lowest BCUT2D eigenvalue weighted by molar-refractivity contribution is -0.384. The van der Waals surface area contributed by atoms with Crippen LogP contribution < -0.4 is 5.32 Å². The van der Waals surface area contributed by atoms with E-state index in [0.717, 1.165) is 6.07 Å². The quantitative estimate of drug-likeness (QED) is 0.490. The third-order valence-corrected chi connectivity index (χ3v) is 2.02. The van der Waals surface area contributed by atoms with Crippen molar-refractivity contribution in [3.05, 3.63) is 33.9 Å². The highest BCUT2D eigenvalue weighted by Gasteiger charge is 2.13. The van der Waals surface area contributed by atoms with E-state index in [9.17, 15) is 19.7 Å². The van der Waals surface area contributed by atoms with Crippen LogP contribution in [-0.4, -0.2) is 16.6 Å². The highest BCUT2D eigenvalue weighted by molar-refractivity contribution is 6.04. The van der Waals surface area contributed by atoms with Gasteiger partial charge < -0.3 is 5.32 Å². The van der Waals surface area contributed by atoms with Crippen molar-refractivity contribution in [2.24, 2.45) is 0 Å². The maximum absolute atomic E-state index is 11.3. The standard InChI is InChI=1S/C11H9N3O4/c1-7(15)4-11(16)13-10-3-2-9(14(17)18)5-8(10)6-12/h2-3,5H,4H2,1H3,(H,13,16). The third-order valence-electron chi connectivity index (χ3n) is 2.02. The Morgan fingerprint density at radius 2 is 2.17 bits per heavy atom. The smallest absolute Gasteiger partial charge is 0.270 e. The van der Waals surface area contributed by atoms with E-state index in [-0.39, 0.29) is 29.1 Å². The first kappa shape index (κ1) is 13.3. The molecule has 1 aromatic carbocycles. The number of rotatable bonds is 4. The first-order valence-corrected chi connectivity index (χ1v) is 4.92. The molecule has 0 radical (unpaired) electrons. The molecular formula is C11H9N3O4. The average molecular weight is 247 g/mol. The fourth-order valence-corrected chi connectivity index (χ4v) is 1.27. The van der Waals surface area contributed by atoms with Gasteiger partial charge in [-0.1, -0.05) is 0 Å². The van der Waals surface area contributed by atoms with Gasteiger partial charge in [0.15, 0.2) is 0 Å². The van der Waals surface area contributed by atoms with Crippen LogP contribution in [0.5, 0.6) is 0 Å². The Bertz CT molecular complexity index is 560. The fourth-order valence-electron chi connectivity index (χ4n) is 1.27. The summed E-state index contributed by atoms with van der Waals surface area (Å²) in [5, 5.41) is 21.7. The molecule has 0 aliphatic heterocycles. The van der Waals surface area contributed by atoms with Crippen molar-refractivity contribution in [2.45, 2.75) is 13.3 Å². The van der Waals surface area contributed by atoms with Gasteiger partial charge in [-0.2, -0.15) is 5.26 Å². The Morgan fingerprint density at radius 1 is 1.50 bits per heavy atom. The molecule has 0 heterocycles. The molecule has 0 saturated heterocycles. The van der Waals surface area contributed by atoms with Crippen molar-refractivity contribution >= 4 is 23.1 Å². The van der Waals surface area contributed by atoms with Crippen molar-refractivity contribution < 1.29 is 14.5 Å². The number of nitro benzene ring substituents is 1. The SMILES string of the molecule is CC(=O)CC(=O)Nc1ccc([N+](=O)[O-])cc1C#N. The van der Waals surface area contributed by atoms with Gasteiger partial charge in [-0.3, -0.25) is 19.7 Å². The second-order valence-corrected chi connectivity index (χ2v) is 3.53. The average Bonchev–Trinajstić information content (AvgIpc) is 2.27. The molecule has 0 atom stereocenters. The van der Waals surface area contributed by atoms with Crippen molar-refractivity contribution in [3.8, 4) is 6.07 Å². The summed E-state index contributed by atoms with van der Waals surface area (Å²) in [5.41, 5.74) is -0.119. The number of Topliss-reactive ketones (excluding diaryl/α,β-unsaturated/α-hetero) is 1. The van der Waals surface area contributed by atoms with Crippen LogP contribution in [0.4, 0.5) is 11.4 Å². The number of benzene rings is 1. The topological polar surface area (TPSA) is 113 Å². The minimum absolute atomic E-state index is 0.0268. The van der Waals surface area contributed by atoms with Gasteiger partial charge >= 0.3 is 0 Å². The summed E-state index contributed by atoms with van der Waals surface area (Å²) in [5.74, 6) is -0.874. The number of anilines is 1. The van der Waals surface area contributed by atoms with E-state index < -0.39 is 10.8 Å². The molecule has 7 nitrogen and oxygen atoms in total. The summed E-state index contributed by atoms with van der Waals surface area (Å²) in [4.78, 5) is 31.9. The van der Waals surface area contributed by atoms with Crippen LogP contribution in [0.1, 0.15) is 18.9 Å². The lowest BCUT2D eigenvalue weighted by Gasteiger charge is -2.05. The maximum Gasteiger partial charge on any atom is 0.270 e. The molecule has 0 aliphatic carbocycles. The van der Waals surface area contributed by atoms with Crippen molar-refractivity contribution in [3.63, 3.8) is 0 Å². The summed E-state index contributed by atoms with van der Waals surface area (Å²) < 4.78 is 0. The van der Waals surface area contributed by atoms with Crippen LogP contribution in [0.3, 0.4) is 0 Å². The Kier molecular flexibility index (Phi) is 4.10. The van der Waals surface area contributed by atoms with Gasteiger partial charge in [0.05, 0.1) is 22.6 Å². The predicted molar refractivity (Wildman–Crippen MR) is 61.7 cm³/mol. The first-order chi connectivity index (χ1) is 8.43. The second-order valence-electron chi connectivity index (χ2n) is 3.53. The van der Waals surface area contributed by atoms with Crippen molar-refractivity contribution in [1.82, 2.24) is 0 Å². The minimum atomic E-state index is -0.637. The molecule has 18 heavy (non-hydrogen) atoms. The predicted octanol–water partition coefficient (Wildman–Crippen LogP) is 1.38. The van der Waals surface area contributed by atoms with Crippen molar-refractivity contribution in [1.29, 1.82) is 5.26 Å². The molecule has 0 bridgehead atoms. The number of nitro groups is 1. The molecule has 92 valence electrons.